The van der Waals surface area contributed by atoms with Crippen LogP contribution >= 0.6 is 0 Å². The van der Waals surface area contributed by atoms with E-state index in [9.17, 15) is 19.8 Å². The maximum Gasteiger partial charge on any atom is 1.00 e. The molecule has 6 heteroatoms. The van der Waals surface area contributed by atoms with Crippen LogP contribution < -0.4 is 10.2 Å². The Kier molecular flexibility index (Phi) is 16.6. The molecule has 0 aromatic carbocycles. The predicted molar refractivity (Wildman–Crippen MR) is 23.9 cm³/mol. The van der Waals surface area contributed by atoms with Crippen molar-refractivity contribution in [2.45, 2.75) is 19.3 Å². The molecule has 0 saturated carbocycles. The monoisotopic (exact) mass is 344 g/mol. The molecule has 0 atom stereocenters. The van der Waals surface area contributed by atoms with Gasteiger partial charge in [-0.1, -0.05) is 0 Å². The number of hydrogen-bond donors (Lipinski definition) is 0. The van der Waals surface area contributed by atoms with E-state index in [1.54, 1.807) is 0 Å². The Morgan fingerprint density at radius 1 is 0.909 bits per heavy atom. The van der Waals surface area contributed by atoms with Crippen LogP contribution in [0.5, 0.6) is 0 Å². The summed E-state index contributed by atoms with van der Waals surface area (Å²) >= 11 is 0. The van der Waals surface area contributed by atoms with Crippen LogP contribution in [-0.2, 0) is 54.3 Å². The number of carbonyl (C=O) groups excluding carboxylic acids is 2. The third kappa shape index (κ3) is 17.9. The molecule has 0 spiro atoms. The summed E-state index contributed by atoms with van der Waals surface area (Å²) in [5.74, 6) is -2.45. The standard InChI is InChI=1S/C5H8O4.2Ag/c6-4(7)2-1-3-5(8)9;;/h1-3H2,(H,6,7)(H,8,9);;/q;2*+1/p-2. The fourth-order valence-corrected chi connectivity index (χ4v) is 0.377. The number of carboxylic acid groups (broad SMARTS) is 2. The molecule has 11 heavy (non-hydrogen) atoms. The van der Waals surface area contributed by atoms with Crippen molar-refractivity contribution in [3.05, 3.63) is 0 Å². The Morgan fingerprint density at radius 2 is 1.18 bits per heavy atom. The van der Waals surface area contributed by atoms with Crippen LogP contribution in [0, 0.1) is 0 Å². The fourth-order valence-electron chi connectivity index (χ4n) is 0.377. The Labute approximate surface area is 95.4 Å². The van der Waals surface area contributed by atoms with E-state index in [1.807, 2.05) is 0 Å². The molecule has 0 fully saturated rings. The summed E-state index contributed by atoms with van der Waals surface area (Å²) < 4.78 is 0. The molecular formula is C5H6Ag2O4. The molecule has 0 unspecified atom stereocenters. The van der Waals surface area contributed by atoms with Gasteiger partial charge in [0.2, 0.25) is 0 Å². The first-order valence-electron chi connectivity index (χ1n) is 2.52. The summed E-state index contributed by atoms with van der Waals surface area (Å²) in [7, 11) is 0. The minimum Gasteiger partial charge on any atom is -0.550 e. The van der Waals surface area contributed by atoms with Crippen molar-refractivity contribution in [1.29, 1.82) is 0 Å². The van der Waals surface area contributed by atoms with Gasteiger partial charge >= 0.3 is 44.8 Å². The van der Waals surface area contributed by atoms with Crippen LogP contribution in [0.3, 0.4) is 0 Å². The first kappa shape index (κ1) is 17.5. The topological polar surface area (TPSA) is 80.3 Å². The van der Waals surface area contributed by atoms with E-state index >= 15 is 0 Å². The van der Waals surface area contributed by atoms with Gasteiger partial charge in [0.25, 0.3) is 0 Å². The Balaban J connectivity index is -0.000000320. The largest absolute Gasteiger partial charge is 1.00 e. The van der Waals surface area contributed by atoms with Gasteiger partial charge in [0.1, 0.15) is 0 Å². The van der Waals surface area contributed by atoms with Gasteiger partial charge in [-0.05, 0) is 19.3 Å². The van der Waals surface area contributed by atoms with E-state index in [4.69, 9.17) is 0 Å². The molecular weight excluding hydrogens is 340 g/mol. The van der Waals surface area contributed by atoms with Crippen molar-refractivity contribution in [3.63, 3.8) is 0 Å². The van der Waals surface area contributed by atoms with Crippen molar-refractivity contribution in [2.75, 3.05) is 0 Å². The second-order valence-electron chi connectivity index (χ2n) is 1.60. The van der Waals surface area contributed by atoms with Gasteiger partial charge < -0.3 is 19.8 Å². The van der Waals surface area contributed by atoms with Gasteiger partial charge in [-0.3, -0.25) is 0 Å². The zero-order valence-electron chi connectivity index (χ0n) is 5.36. The molecule has 0 bridgehead atoms. The minimum atomic E-state index is -1.23. The summed E-state index contributed by atoms with van der Waals surface area (Å²) in [6.45, 7) is 0. The average molecular weight is 346 g/mol. The number of carbonyl (C=O) groups is 2. The molecule has 4 nitrogen and oxygen atoms in total. The first-order chi connectivity index (χ1) is 4.13. The van der Waals surface area contributed by atoms with Gasteiger partial charge in [-0.25, -0.2) is 0 Å². The molecule has 0 aromatic rings. The van der Waals surface area contributed by atoms with Crippen molar-refractivity contribution in [3.8, 4) is 0 Å². The summed E-state index contributed by atoms with van der Waals surface area (Å²) in [6.07, 6.45) is -0.341. The predicted octanol–water partition coefficient (Wildman–Crippen LogP) is -2.35. The van der Waals surface area contributed by atoms with E-state index in [-0.39, 0.29) is 64.0 Å². The van der Waals surface area contributed by atoms with Gasteiger partial charge in [0.15, 0.2) is 0 Å². The molecule has 72 valence electrons. The van der Waals surface area contributed by atoms with Crippen molar-refractivity contribution in [2.24, 2.45) is 0 Å². The molecule has 0 amide bonds. The molecule has 0 aliphatic rings. The maximum atomic E-state index is 9.66. The normalized spacial score (nSPS) is 7.27. The van der Waals surface area contributed by atoms with Crippen molar-refractivity contribution < 1.29 is 64.6 Å². The number of carboxylic acids is 2. The summed E-state index contributed by atoms with van der Waals surface area (Å²) in [5.41, 5.74) is 0. The molecule has 0 heterocycles. The van der Waals surface area contributed by atoms with Crippen molar-refractivity contribution in [1.82, 2.24) is 0 Å². The molecule has 0 aliphatic carbocycles. The first-order valence-corrected chi connectivity index (χ1v) is 2.52. The van der Waals surface area contributed by atoms with E-state index in [2.05, 4.69) is 0 Å². The smallest absolute Gasteiger partial charge is 0.550 e. The molecule has 0 aliphatic heterocycles. The molecule has 0 radical (unpaired) electrons. The zero-order valence-corrected chi connectivity index (χ0v) is 8.32. The summed E-state index contributed by atoms with van der Waals surface area (Å²) in [6, 6.07) is 0. The van der Waals surface area contributed by atoms with Gasteiger partial charge in [-0.15, -0.1) is 0 Å². The Bertz CT molecular complexity index is 112. The molecule has 0 N–H and O–H groups in total. The SMILES string of the molecule is O=C([O-])CCCC(=O)[O-].[Ag+].[Ag+]. The van der Waals surface area contributed by atoms with Gasteiger partial charge in [0, 0.05) is 11.9 Å². The molecule has 0 aromatic heterocycles. The second kappa shape index (κ2) is 10.4. The quantitative estimate of drug-likeness (QED) is 0.534. The van der Waals surface area contributed by atoms with E-state index in [1.165, 1.54) is 0 Å². The number of aliphatic carboxylic acids is 2. The van der Waals surface area contributed by atoms with Crippen molar-refractivity contribution >= 4 is 11.9 Å². The second-order valence-corrected chi connectivity index (χ2v) is 1.60. The molecule has 0 saturated heterocycles. The fraction of sp³-hybridized carbons (Fsp3) is 0.600. The summed E-state index contributed by atoms with van der Waals surface area (Å²) in [4.78, 5) is 19.3. The minimum absolute atomic E-state index is 0. The third-order valence-electron chi connectivity index (χ3n) is 0.762. The van der Waals surface area contributed by atoms with Gasteiger partial charge in [0.05, 0.1) is 0 Å². The van der Waals surface area contributed by atoms with Crippen LogP contribution in [0.25, 0.3) is 0 Å². The van der Waals surface area contributed by atoms with Crippen LogP contribution in [0.15, 0.2) is 0 Å². The van der Waals surface area contributed by atoms with Gasteiger partial charge in [-0.2, -0.15) is 0 Å². The van der Waals surface area contributed by atoms with Crippen LogP contribution in [0.1, 0.15) is 19.3 Å². The maximum absolute atomic E-state index is 9.66. The van der Waals surface area contributed by atoms with Crippen LogP contribution in [0.4, 0.5) is 0 Å². The zero-order chi connectivity index (χ0) is 7.28. The van der Waals surface area contributed by atoms with Crippen LogP contribution in [0.2, 0.25) is 0 Å². The Hall–Kier alpha value is 0.421. The van der Waals surface area contributed by atoms with E-state index < -0.39 is 11.9 Å². The molecule has 0 rings (SSSR count). The summed E-state index contributed by atoms with van der Waals surface area (Å²) in [5, 5.41) is 19.3. The number of hydrogen-bond acceptors (Lipinski definition) is 4. The van der Waals surface area contributed by atoms with E-state index in [0.717, 1.165) is 0 Å². The third-order valence-corrected chi connectivity index (χ3v) is 0.762. The average Bonchev–Trinajstić information content (AvgIpc) is 1.63. The van der Waals surface area contributed by atoms with E-state index in [0.29, 0.717) is 0 Å². The Morgan fingerprint density at radius 3 is 1.36 bits per heavy atom. The van der Waals surface area contributed by atoms with Crippen LogP contribution in [-0.4, -0.2) is 11.9 Å². The number of rotatable bonds is 4.